The van der Waals surface area contributed by atoms with Gasteiger partial charge in [-0.15, -0.1) is 0 Å². The third-order valence-corrected chi connectivity index (χ3v) is 5.79. The minimum absolute atomic E-state index is 0.285. The highest BCUT2D eigenvalue weighted by Crippen LogP contribution is 2.60. The fourth-order valence-electron chi connectivity index (χ4n) is 5.47. The molecule has 1 aromatic heterocycles. The predicted octanol–water partition coefficient (Wildman–Crippen LogP) is 4.30. The number of hydrogen-bond acceptors (Lipinski definition) is 2. The molecule has 19 heavy (non-hydrogen) atoms. The Balaban J connectivity index is 1.64. The molecule has 0 N–H and O–H groups in total. The second-order valence-corrected chi connectivity index (χ2v) is 7.18. The maximum atomic E-state index is 6.14. The van der Waals surface area contributed by atoms with Gasteiger partial charge >= 0.3 is 0 Å². The Morgan fingerprint density at radius 3 is 2.21 bits per heavy atom. The van der Waals surface area contributed by atoms with Crippen molar-refractivity contribution in [2.75, 3.05) is 0 Å². The first-order chi connectivity index (χ1) is 9.31. The van der Waals surface area contributed by atoms with E-state index in [4.69, 9.17) is 9.40 Å². The summed E-state index contributed by atoms with van der Waals surface area (Å²) in [7, 11) is 0. The average molecular weight is 253 g/mol. The smallest absolute Gasteiger partial charge is 0.201 e. The number of fused-ring (bicyclic) bond motifs is 1. The van der Waals surface area contributed by atoms with Crippen LogP contribution in [0.1, 0.15) is 44.4 Å². The standard InChI is InChI=1S/C17H19NO/c1-2-4-15-14(3-1)18-16(19-15)17-8-11-5-12(9-17)7-13(6-11)10-17/h1-4,11-13H,5-10H2. The van der Waals surface area contributed by atoms with Gasteiger partial charge in [0.1, 0.15) is 5.52 Å². The fraction of sp³-hybridized carbons (Fsp3) is 0.588. The Morgan fingerprint density at radius 1 is 0.947 bits per heavy atom. The molecule has 0 unspecified atom stereocenters. The molecule has 2 aromatic rings. The highest BCUT2D eigenvalue weighted by Gasteiger charge is 2.54. The zero-order valence-electron chi connectivity index (χ0n) is 11.1. The molecule has 4 aliphatic rings. The van der Waals surface area contributed by atoms with Gasteiger partial charge in [0.25, 0.3) is 0 Å². The number of para-hydroxylation sites is 2. The molecule has 2 heteroatoms. The second kappa shape index (κ2) is 3.41. The Morgan fingerprint density at radius 2 is 1.58 bits per heavy atom. The topological polar surface area (TPSA) is 26.0 Å². The molecule has 4 aliphatic carbocycles. The minimum atomic E-state index is 0.285. The maximum absolute atomic E-state index is 6.14. The Kier molecular flexibility index (Phi) is 1.88. The van der Waals surface area contributed by atoms with Crippen molar-refractivity contribution < 1.29 is 4.42 Å². The van der Waals surface area contributed by atoms with E-state index >= 15 is 0 Å². The molecule has 4 saturated carbocycles. The van der Waals surface area contributed by atoms with Crippen molar-refractivity contribution in [3.63, 3.8) is 0 Å². The molecule has 0 radical (unpaired) electrons. The average Bonchev–Trinajstić information content (AvgIpc) is 2.81. The van der Waals surface area contributed by atoms with Crippen LogP contribution in [-0.4, -0.2) is 4.98 Å². The Labute approximate surface area is 113 Å². The van der Waals surface area contributed by atoms with Crippen LogP contribution >= 0.6 is 0 Å². The summed E-state index contributed by atoms with van der Waals surface area (Å²) in [5, 5.41) is 0. The van der Waals surface area contributed by atoms with Gasteiger partial charge in [0.05, 0.1) is 0 Å². The van der Waals surface area contributed by atoms with Crippen molar-refractivity contribution in [1.82, 2.24) is 4.98 Å². The van der Waals surface area contributed by atoms with Gasteiger partial charge in [-0.05, 0) is 68.4 Å². The molecular formula is C17H19NO. The van der Waals surface area contributed by atoms with E-state index < -0.39 is 0 Å². The first-order valence-corrected chi connectivity index (χ1v) is 7.67. The van der Waals surface area contributed by atoms with Gasteiger partial charge in [-0.25, -0.2) is 4.98 Å². The molecule has 6 rings (SSSR count). The van der Waals surface area contributed by atoms with E-state index in [0.717, 1.165) is 34.7 Å². The molecule has 4 bridgehead atoms. The number of hydrogen-bond donors (Lipinski definition) is 0. The number of rotatable bonds is 1. The lowest BCUT2D eigenvalue weighted by molar-refractivity contribution is -0.0170. The SMILES string of the molecule is c1ccc2oc(C34CC5CC(CC(C5)C3)C4)nc2c1. The first-order valence-electron chi connectivity index (χ1n) is 7.67. The van der Waals surface area contributed by atoms with Gasteiger partial charge in [-0.3, -0.25) is 0 Å². The summed E-state index contributed by atoms with van der Waals surface area (Å²) in [6, 6.07) is 8.21. The number of benzene rings is 1. The highest BCUT2D eigenvalue weighted by atomic mass is 16.3. The number of aromatic nitrogens is 1. The van der Waals surface area contributed by atoms with Crippen molar-refractivity contribution in [3.8, 4) is 0 Å². The maximum Gasteiger partial charge on any atom is 0.201 e. The normalized spacial score (nSPS) is 40.1. The summed E-state index contributed by atoms with van der Waals surface area (Å²) in [5.74, 6) is 3.89. The van der Waals surface area contributed by atoms with Crippen LogP contribution in [-0.2, 0) is 5.41 Å². The molecular weight excluding hydrogens is 234 g/mol. The van der Waals surface area contributed by atoms with E-state index in [1.807, 2.05) is 18.2 Å². The van der Waals surface area contributed by atoms with Crippen molar-refractivity contribution in [2.45, 2.75) is 43.9 Å². The zero-order chi connectivity index (χ0) is 12.4. The molecule has 98 valence electrons. The summed E-state index contributed by atoms with van der Waals surface area (Å²) in [5.41, 5.74) is 2.29. The molecule has 1 heterocycles. The van der Waals surface area contributed by atoms with E-state index in [2.05, 4.69) is 6.07 Å². The van der Waals surface area contributed by atoms with Crippen LogP contribution < -0.4 is 0 Å². The van der Waals surface area contributed by atoms with Crippen LogP contribution in [0.15, 0.2) is 28.7 Å². The van der Waals surface area contributed by atoms with Gasteiger partial charge < -0.3 is 4.42 Å². The monoisotopic (exact) mass is 253 g/mol. The van der Waals surface area contributed by atoms with Crippen molar-refractivity contribution in [1.29, 1.82) is 0 Å². The van der Waals surface area contributed by atoms with E-state index in [-0.39, 0.29) is 5.41 Å². The van der Waals surface area contributed by atoms with Crippen LogP contribution in [0.25, 0.3) is 11.1 Å². The van der Waals surface area contributed by atoms with Crippen LogP contribution in [0.2, 0.25) is 0 Å². The van der Waals surface area contributed by atoms with Gasteiger partial charge in [0.2, 0.25) is 5.89 Å². The van der Waals surface area contributed by atoms with Crippen LogP contribution in [0.4, 0.5) is 0 Å². The lowest BCUT2D eigenvalue weighted by atomic mass is 9.49. The van der Waals surface area contributed by atoms with Gasteiger partial charge in [-0.1, -0.05) is 12.1 Å². The number of oxazole rings is 1. The third kappa shape index (κ3) is 1.40. The zero-order valence-corrected chi connectivity index (χ0v) is 11.1. The van der Waals surface area contributed by atoms with Crippen LogP contribution in [0.3, 0.4) is 0 Å². The Bertz CT molecular complexity index is 573. The van der Waals surface area contributed by atoms with Gasteiger partial charge in [0, 0.05) is 5.41 Å². The lowest BCUT2D eigenvalue weighted by Gasteiger charge is -2.55. The third-order valence-electron chi connectivity index (χ3n) is 5.79. The largest absolute Gasteiger partial charge is 0.440 e. The summed E-state index contributed by atoms with van der Waals surface area (Å²) in [4.78, 5) is 4.84. The van der Waals surface area contributed by atoms with Crippen molar-refractivity contribution in [2.24, 2.45) is 17.8 Å². The van der Waals surface area contributed by atoms with Crippen LogP contribution in [0.5, 0.6) is 0 Å². The molecule has 1 aromatic carbocycles. The van der Waals surface area contributed by atoms with Crippen molar-refractivity contribution in [3.05, 3.63) is 30.2 Å². The van der Waals surface area contributed by atoms with E-state index in [0.29, 0.717) is 0 Å². The Hall–Kier alpha value is -1.31. The second-order valence-electron chi connectivity index (χ2n) is 7.18. The highest BCUT2D eigenvalue weighted by molar-refractivity contribution is 5.72. The molecule has 0 amide bonds. The minimum Gasteiger partial charge on any atom is -0.440 e. The summed E-state index contributed by atoms with van der Waals surface area (Å²) in [6.45, 7) is 0. The predicted molar refractivity (Wildman–Crippen MR) is 73.9 cm³/mol. The summed E-state index contributed by atoms with van der Waals surface area (Å²) in [6.07, 6.45) is 8.39. The number of nitrogens with zero attached hydrogens (tertiary/aromatic N) is 1. The molecule has 0 spiro atoms. The first kappa shape index (κ1) is 10.5. The van der Waals surface area contributed by atoms with Gasteiger partial charge in [-0.2, -0.15) is 0 Å². The fourth-order valence-corrected chi connectivity index (χ4v) is 5.47. The van der Waals surface area contributed by atoms with E-state index in [1.54, 1.807) is 0 Å². The molecule has 0 atom stereocenters. The molecule has 0 aliphatic heterocycles. The molecule has 0 saturated heterocycles. The van der Waals surface area contributed by atoms with E-state index in [1.165, 1.54) is 38.5 Å². The van der Waals surface area contributed by atoms with Crippen molar-refractivity contribution >= 4 is 11.1 Å². The molecule has 2 nitrogen and oxygen atoms in total. The summed E-state index contributed by atoms with van der Waals surface area (Å²) < 4.78 is 6.14. The van der Waals surface area contributed by atoms with E-state index in [9.17, 15) is 0 Å². The quantitative estimate of drug-likeness (QED) is 0.757. The molecule has 4 fully saturated rings. The van der Waals surface area contributed by atoms with Gasteiger partial charge in [0.15, 0.2) is 5.58 Å². The summed E-state index contributed by atoms with van der Waals surface area (Å²) >= 11 is 0. The lowest BCUT2D eigenvalue weighted by Crippen LogP contribution is -2.48. The van der Waals surface area contributed by atoms with Crippen LogP contribution in [0, 0.1) is 17.8 Å².